The van der Waals surface area contributed by atoms with Crippen LogP contribution in [0.1, 0.15) is 65.7 Å². The third-order valence-corrected chi connectivity index (χ3v) is 6.72. The fourth-order valence-electron chi connectivity index (χ4n) is 3.57. The molecule has 18 heavy (non-hydrogen) atoms. The van der Waals surface area contributed by atoms with E-state index in [4.69, 9.17) is 5.73 Å². The molecule has 0 aliphatic heterocycles. The van der Waals surface area contributed by atoms with Gasteiger partial charge in [0.2, 0.25) is 0 Å². The highest BCUT2D eigenvalue weighted by Crippen LogP contribution is 2.42. The van der Waals surface area contributed by atoms with Crippen molar-refractivity contribution in [1.29, 1.82) is 0 Å². The second kappa shape index (κ2) is 6.17. The minimum absolute atomic E-state index is 0.454. The normalized spacial score (nSPS) is 35.0. The van der Waals surface area contributed by atoms with Gasteiger partial charge in [0.1, 0.15) is 0 Å². The Balaban J connectivity index is 1.81. The Morgan fingerprint density at radius 3 is 2.33 bits per heavy atom. The van der Waals surface area contributed by atoms with Gasteiger partial charge in [-0.1, -0.05) is 33.6 Å². The molecule has 2 rings (SSSR count). The lowest BCUT2D eigenvalue weighted by atomic mass is 9.71. The van der Waals surface area contributed by atoms with Gasteiger partial charge in [-0.15, -0.1) is 0 Å². The molecule has 3 atom stereocenters. The number of hydrogen-bond acceptors (Lipinski definition) is 2. The van der Waals surface area contributed by atoms with Crippen LogP contribution in [0.25, 0.3) is 0 Å². The van der Waals surface area contributed by atoms with Gasteiger partial charge in [0.25, 0.3) is 0 Å². The molecular formula is C16H31NS. The molecule has 0 aromatic carbocycles. The second-order valence-electron chi connectivity index (χ2n) is 7.56. The second-order valence-corrected chi connectivity index (χ2v) is 8.83. The van der Waals surface area contributed by atoms with E-state index in [9.17, 15) is 0 Å². The van der Waals surface area contributed by atoms with Gasteiger partial charge in [0.15, 0.2) is 0 Å². The van der Waals surface area contributed by atoms with E-state index in [0.29, 0.717) is 11.5 Å². The molecule has 2 saturated carbocycles. The van der Waals surface area contributed by atoms with Gasteiger partial charge in [0, 0.05) is 11.3 Å². The van der Waals surface area contributed by atoms with E-state index in [1.807, 2.05) is 0 Å². The van der Waals surface area contributed by atoms with E-state index in [2.05, 4.69) is 32.5 Å². The lowest BCUT2D eigenvalue weighted by molar-refractivity contribution is 0.174. The summed E-state index contributed by atoms with van der Waals surface area (Å²) in [6, 6.07) is 0.454. The summed E-state index contributed by atoms with van der Waals surface area (Å²) in [4.78, 5) is 0. The highest BCUT2D eigenvalue weighted by atomic mass is 32.2. The Hall–Kier alpha value is 0.310. The number of thioether (sulfide) groups is 1. The molecule has 2 fully saturated rings. The maximum Gasteiger partial charge on any atom is 0.0201 e. The lowest BCUT2D eigenvalue weighted by Crippen LogP contribution is -2.41. The molecule has 2 aliphatic carbocycles. The Morgan fingerprint density at radius 1 is 1.06 bits per heavy atom. The van der Waals surface area contributed by atoms with E-state index in [1.165, 1.54) is 50.7 Å². The van der Waals surface area contributed by atoms with Crippen molar-refractivity contribution in [3.05, 3.63) is 0 Å². The Labute approximate surface area is 118 Å². The molecule has 0 heterocycles. The molecule has 0 aromatic heterocycles. The number of hydrogen-bond donors (Lipinski definition) is 1. The largest absolute Gasteiger partial charge is 0.327 e. The highest BCUT2D eigenvalue weighted by Gasteiger charge is 2.34. The first-order valence-electron chi connectivity index (χ1n) is 7.84. The van der Waals surface area contributed by atoms with Crippen LogP contribution >= 0.6 is 11.8 Å². The van der Waals surface area contributed by atoms with Crippen molar-refractivity contribution >= 4 is 11.8 Å². The predicted octanol–water partition coefficient (Wildman–Crippen LogP) is 4.45. The van der Waals surface area contributed by atoms with Crippen molar-refractivity contribution in [2.24, 2.45) is 23.0 Å². The first-order chi connectivity index (χ1) is 8.47. The minimum Gasteiger partial charge on any atom is -0.327 e. The number of rotatable bonds is 3. The van der Waals surface area contributed by atoms with E-state index >= 15 is 0 Å². The quantitative estimate of drug-likeness (QED) is 0.819. The van der Waals surface area contributed by atoms with Crippen molar-refractivity contribution in [2.75, 3.05) is 5.75 Å². The van der Waals surface area contributed by atoms with Crippen LogP contribution in [0.15, 0.2) is 0 Å². The number of nitrogens with two attached hydrogens (primary N) is 1. The average Bonchev–Trinajstić information content (AvgIpc) is 2.79. The van der Waals surface area contributed by atoms with Crippen LogP contribution in [-0.2, 0) is 0 Å². The fraction of sp³-hybridized carbons (Fsp3) is 1.00. The maximum absolute atomic E-state index is 6.35. The standard InChI is InChI=1S/C16H31NS/c1-16(2,3)13-8-9-14(17)15(10-13)18-11-12-6-4-5-7-12/h12-15H,4-11,17H2,1-3H3. The summed E-state index contributed by atoms with van der Waals surface area (Å²) >= 11 is 2.20. The zero-order chi connectivity index (χ0) is 13.2. The first kappa shape index (κ1) is 14.7. The van der Waals surface area contributed by atoms with Crippen molar-refractivity contribution in [3.63, 3.8) is 0 Å². The zero-order valence-electron chi connectivity index (χ0n) is 12.5. The van der Waals surface area contributed by atoms with Crippen LogP contribution in [-0.4, -0.2) is 17.0 Å². The van der Waals surface area contributed by atoms with Gasteiger partial charge >= 0.3 is 0 Å². The van der Waals surface area contributed by atoms with Gasteiger partial charge in [-0.2, -0.15) is 11.8 Å². The Morgan fingerprint density at radius 2 is 1.72 bits per heavy atom. The predicted molar refractivity (Wildman–Crippen MR) is 83.0 cm³/mol. The Bertz CT molecular complexity index is 252. The fourth-order valence-corrected chi connectivity index (χ4v) is 5.17. The maximum atomic E-state index is 6.35. The Kier molecular flexibility index (Phi) is 5.05. The summed E-state index contributed by atoms with van der Waals surface area (Å²) in [6.07, 6.45) is 9.80. The SMILES string of the molecule is CC(C)(C)C1CCC(N)C(SCC2CCCC2)C1. The molecule has 2 aliphatic rings. The molecule has 0 saturated heterocycles. The third-order valence-electron chi connectivity index (χ3n) is 5.09. The van der Waals surface area contributed by atoms with Crippen LogP contribution in [0.3, 0.4) is 0 Å². The van der Waals surface area contributed by atoms with E-state index in [1.54, 1.807) is 0 Å². The van der Waals surface area contributed by atoms with Crippen LogP contribution < -0.4 is 5.73 Å². The molecular weight excluding hydrogens is 238 g/mol. The van der Waals surface area contributed by atoms with Crippen molar-refractivity contribution in [3.8, 4) is 0 Å². The van der Waals surface area contributed by atoms with Crippen LogP contribution in [0, 0.1) is 17.3 Å². The summed E-state index contributed by atoms with van der Waals surface area (Å²) < 4.78 is 0. The molecule has 0 spiro atoms. The van der Waals surface area contributed by atoms with Gasteiger partial charge in [0.05, 0.1) is 0 Å². The van der Waals surface area contributed by atoms with Crippen molar-refractivity contribution in [2.45, 2.75) is 77.0 Å². The molecule has 0 radical (unpaired) electrons. The third kappa shape index (κ3) is 3.90. The van der Waals surface area contributed by atoms with Gasteiger partial charge in [-0.05, 0) is 55.1 Å². The first-order valence-corrected chi connectivity index (χ1v) is 8.89. The molecule has 0 bridgehead atoms. The smallest absolute Gasteiger partial charge is 0.0201 e. The summed E-state index contributed by atoms with van der Waals surface area (Å²) in [5.74, 6) is 3.24. The summed E-state index contributed by atoms with van der Waals surface area (Å²) in [5.41, 5.74) is 6.81. The van der Waals surface area contributed by atoms with E-state index in [-0.39, 0.29) is 0 Å². The molecule has 0 amide bonds. The topological polar surface area (TPSA) is 26.0 Å². The van der Waals surface area contributed by atoms with Crippen molar-refractivity contribution < 1.29 is 0 Å². The molecule has 0 aromatic rings. The van der Waals surface area contributed by atoms with Gasteiger partial charge in [-0.3, -0.25) is 0 Å². The van der Waals surface area contributed by atoms with E-state index in [0.717, 1.165) is 17.1 Å². The molecule has 106 valence electrons. The lowest BCUT2D eigenvalue weighted by Gasteiger charge is -2.40. The average molecular weight is 269 g/mol. The highest BCUT2D eigenvalue weighted by molar-refractivity contribution is 7.99. The summed E-state index contributed by atoms with van der Waals surface area (Å²) in [5, 5.41) is 0.726. The van der Waals surface area contributed by atoms with Gasteiger partial charge < -0.3 is 5.73 Å². The monoisotopic (exact) mass is 269 g/mol. The van der Waals surface area contributed by atoms with Gasteiger partial charge in [-0.25, -0.2) is 0 Å². The zero-order valence-corrected chi connectivity index (χ0v) is 13.3. The summed E-state index contributed by atoms with van der Waals surface area (Å²) in [7, 11) is 0. The molecule has 1 nitrogen and oxygen atoms in total. The van der Waals surface area contributed by atoms with Crippen LogP contribution in [0.5, 0.6) is 0 Å². The van der Waals surface area contributed by atoms with E-state index < -0.39 is 0 Å². The minimum atomic E-state index is 0.454. The van der Waals surface area contributed by atoms with Crippen LogP contribution in [0.2, 0.25) is 0 Å². The molecule has 2 N–H and O–H groups in total. The van der Waals surface area contributed by atoms with Crippen LogP contribution in [0.4, 0.5) is 0 Å². The molecule has 2 heteroatoms. The van der Waals surface area contributed by atoms with Crippen molar-refractivity contribution in [1.82, 2.24) is 0 Å². The summed E-state index contributed by atoms with van der Waals surface area (Å²) in [6.45, 7) is 7.19. The molecule has 3 unspecified atom stereocenters.